The molecule has 1 N–H and O–H groups in total. The molecule has 29 heavy (non-hydrogen) atoms. The Balaban J connectivity index is 1.48. The van der Waals surface area contributed by atoms with Crippen molar-refractivity contribution in [3.8, 4) is 0 Å². The summed E-state index contributed by atoms with van der Waals surface area (Å²) in [6.07, 6.45) is 4.43. The molecule has 0 saturated heterocycles. The highest BCUT2D eigenvalue weighted by molar-refractivity contribution is 5.94. The summed E-state index contributed by atoms with van der Waals surface area (Å²) in [4.78, 5) is 12.9. The number of hydrogen-bond donors (Lipinski definition) is 1. The molecule has 3 aromatic carbocycles. The maximum absolute atomic E-state index is 12.9. The van der Waals surface area contributed by atoms with Crippen LogP contribution in [-0.4, -0.2) is 15.7 Å². The number of aromatic nitrogens is 2. The maximum atomic E-state index is 12.9. The van der Waals surface area contributed by atoms with Gasteiger partial charge in [0.15, 0.2) is 0 Å². The molecule has 0 spiro atoms. The fourth-order valence-electron chi connectivity index (χ4n) is 3.37. The van der Waals surface area contributed by atoms with Gasteiger partial charge >= 0.3 is 0 Å². The highest BCUT2D eigenvalue weighted by Gasteiger charge is 2.16. The third-order valence-electron chi connectivity index (χ3n) is 4.91. The minimum atomic E-state index is -0.0881. The van der Waals surface area contributed by atoms with Gasteiger partial charge in [-0.3, -0.25) is 9.48 Å². The van der Waals surface area contributed by atoms with Crippen LogP contribution in [0.1, 0.15) is 33.1 Å². The molecule has 144 valence electrons. The van der Waals surface area contributed by atoms with Crippen molar-refractivity contribution >= 4 is 5.91 Å². The van der Waals surface area contributed by atoms with Crippen molar-refractivity contribution in [2.45, 2.75) is 19.0 Å². The van der Waals surface area contributed by atoms with E-state index in [2.05, 4.69) is 34.7 Å². The van der Waals surface area contributed by atoms with Crippen molar-refractivity contribution in [2.24, 2.45) is 0 Å². The van der Waals surface area contributed by atoms with E-state index in [0.29, 0.717) is 12.1 Å². The van der Waals surface area contributed by atoms with Gasteiger partial charge in [-0.25, -0.2) is 0 Å². The van der Waals surface area contributed by atoms with Gasteiger partial charge in [0.05, 0.1) is 12.6 Å². The molecule has 0 saturated carbocycles. The van der Waals surface area contributed by atoms with Gasteiger partial charge in [-0.1, -0.05) is 72.8 Å². The standard InChI is InChI=1S/C25H23N3O/c29-25(23-14-12-21(13-15-23)19-28-17-7-16-26-28)27-24(22-10-5-2-6-11-22)18-20-8-3-1-4-9-20/h1-17,24H,18-19H2,(H,27,29)/t24-/m0/s1. The first-order valence-corrected chi connectivity index (χ1v) is 9.74. The van der Waals surface area contributed by atoms with Crippen molar-refractivity contribution in [3.63, 3.8) is 0 Å². The fourth-order valence-corrected chi connectivity index (χ4v) is 3.37. The van der Waals surface area contributed by atoms with Crippen LogP contribution in [0.15, 0.2) is 103 Å². The van der Waals surface area contributed by atoms with Gasteiger partial charge in [0.1, 0.15) is 0 Å². The molecule has 0 unspecified atom stereocenters. The summed E-state index contributed by atoms with van der Waals surface area (Å²) in [6, 6.07) is 29.9. The van der Waals surface area contributed by atoms with Crippen LogP contribution >= 0.6 is 0 Å². The smallest absolute Gasteiger partial charge is 0.251 e. The van der Waals surface area contributed by atoms with Crippen molar-refractivity contribution in [1.29, 1.82) is 0 Å². The van der Waals surface area contributed by atoms with Crippen LogP contribution in [0.2, 0.25) is 0 Å². The fraction of sp³-hybridized carbons (Fsp3) is 0.120. The van der Waals surface area contributed by atoms with Crippen molar-refractivity contribution < 1.29 is 4.79 Å². The molecule has 0 bridgehead atoms. The van der Waals surface area contributed by atoms with E-state index in [0.717, 1.165) is 17.5 Å². The summed E-state index contributed by atoms with van der Waals surface area (Å²) in [6.45, 7) is 0.690. The van der Waals surface area contributed by atoms with Crippen molar-refractivity contribution in [1.82, 2.24) is 15.1 Å². The first kappa shape index (κ1) is 18.7. The highest BCUT2D eigenvalue weighted by atomic mass is 16.1. The number of hydrogen-bond acceptors (Lipinski definition) is 2. The number of nitrogens with zero attached hydrogens (tertiary/aromatic N) is 2. The van der Waals surface area contributed by atoms with Crippen LogP contribution in [0, 0.1) is 0 Å². The lowest BCUT2D eigenvalue weighted by molar-refractivity contribution is 0.0936. The monoisotopic (exact) mass is 381 g/mol. The minimum Gasteiger partial charge on any atom is -0.345 e. The lowest BCUT2D eigenvalue weighted by atomic mass is 9.98. The van der Waals surface area contributed by atoms with Crippen LogP contribution in [0.4, 0.5) is 0 Å². The van der Waals surface area contributed by atoms with E-state index in [9.17, 15) is 4.79 Å². The molecule has 1 heterocycles. The van der Waals surface area contributed by atoms with Crippen molar-refractivity contribution in [2.75, 3.05) is 0 Å². The Bertz CT molecular complexity index is 1030. The van der Waals surface area contributed by atoms with E-state index in [1.54, 1.807) is 6.20 Å². The van der Waals surface area contributed by atoms with E-state index >= 15 is 0 Å². The topological polar surface area (TPSA) is 46.9 Å². The number of rotatable bonds is 7. The normalized spacial score (nSPS) is 11.7. The SMILES string of the molecule is O=C(N[C@@H](Cc1ccccc1)c1ccccc1)c1ccc(Cn2cccn2)cc1. The lowest BCUT2D eigenvalue weighted by Crippen LogP contribution is -2.30. The number of nitrogens with one attached hydrogen (secondary N) is 1. The molecule has 0 radical (unpaired) electrons. The van der Waals surface area contributed by atoms with E-state index in [1.807, 2.05) is 77.6 Å². The summed E-state index contributed by atoms with van der Waals surface area (Å²) < 4.78 is 1.86. The second kappa shape index (κ2) is 9.02. The van der Waals surface area contributed by atoms with Crippen LogP contribution in [0.5, 0.6) is 0 Å². The van der Waals surface area contributed by atoms with E-state index in [1.165, 1.54) is 5.56 Å². The molecule has 0 aliphatic rings. The number of carbonyl (C=O) groups excluding carboxylic acids is 1. The summed E-state index contributed by atoms with van der Waals surface area (Å²) in [5.74, 6) is -0.0691. The molecule has 4 aromatic rings. The number of benzene rings is 3. The second-order valence-corrected chi connectivity index (χ2v) is 7.03. The summed E-state index contributed by atoms with van der Waals surface area (Å²) >= 11 is 0. The predicted molar refractivity (Wildman–Crippen MR) is 115 cm³/mol. The molecule has 4 rings (SSSR count). The quantitative estimate of drug-likeness (QED) is 0.507. The third-order valence-corrected chi connectivity index (χ3v) is 4.91. The minimum absolute atomic E-state index is 0.0691. The second-order valence-electron chi connectivity index (χ2n) is 7.03. The molecule has 0 aliphatic carbocycles. The molecule has 4 nitrogen and oxygen atoms in total. The Labute approximate surface area is 170 Å². The number of amides is 1. The zero-order valence-electron chi connectivity index (χ0n) is 16.1. The number of carbonyl (C=O) groups is 1. The van der Waals surface area contributed by atoms with Gasteiger partial charge in [-0.2, -0.15) is 5.10 Å². The van der Waals surface area contributed by atoms with Crippen LogP contribution in [0.25, 0.3) is 0 Å². The maximum Gasteiger partial charge on any atom is 0.251 e. The van der Waals surface area contributed by atoms with E-state index in [-0.39, 0.29) is 11.9 Å². The van der Waals surface area contributed by atoms with Crippen LogP contribution in [0.3, 0.4) is 0 Å². The molecule has 1 aromatic heterocycles. The summed E-state index contributed by atoms with van der Waals surface area (Å²) in [7, 11) is 0. The van der Waals surface area contributed by atoms with Gasteiger partial charge in [0.25, 0.3) is 5.91 Å². The molecular weight excluding hydrogens is 358 g/mol. The zero-order valence-corrected chi connectivity index (χ0v) is 16.1. The molecule has 0 aliphatic heterocycles. The van der Waals surface area contributed by atoms with Gasteiger partial charge < -0.3 is 5.32 Å². The Hall–Kier alpha value is -3.66. The first-order chi connectivity index (χ1) is 14.3. The lowest BCUT2D eigenvalue weighted by Gasteiger charge is -2.20. The Morgan fingerprint density at radius 2 is 1.52 bits per heavy atom. The molecular formula is C25H23N3O. The molecule has 1 amide bonds. The van der Waals surface area contributed by atoms with Crippen LogP contribution < -0.4 is 5.32 Å². The highest BCUT2D eigenvalue weighted by Crippen LogP contribution is 2.19. The summed E-state index contributed by atoms with van der Waals surface area (Å²) in [5, 5.41) is 7.43. The van der Waals surface area contributed by atoms with Gasteiger partial charge in [-0.15, -0.1) is 0 Å². The van der Waals surface area contributed by atoms with Crippen LogP contribution in [-0.2, 0) is 13.0 Å². The Morgan fingerprint density at radius 1 is 0.828 bits per heavy atom. The van der Waals surface area contributed by atoms with Crippen molar-refractivity contribution in [3.05, 3.63) is 126 Å². The largest absolute Gasteiger partial charge is 0.345 e. The average molecular weight is 381 g/mol. The third kappa shape index (κ3) is 4.99. The zero-order chi connectivity index (χ0) is 19.9. The first-order valence-electron chi connectivity index (χ1n) is 9.74. The van der Waals surface area contributed by atoms with E-state index in [4.69, 9.17) is 0 Å². The molecule has 4 heteroatoms. The van der Waals surface area contributed by atoms with Gasteiger partial charge in [0.2, 0.25) is 0 Å². The van der Waals surface area contributed by atoms with Gasteiger partial charge in [0, 0.05) is 18.0 Å². The Morgan fingerprint density at radius 3 is 2.17 bits per heavy atom. The van der Waals surface area contributed by atoms with E-state index < -0.39 is 0 Å². The van der Waals surface area contributed by atoms with Gasteiger partial charge in [-0.05, 0) is 41.3 Å². The molecule has 1 atom stereocenters. The average Bonchev–Trinajstić information content (AvgIpc) is 3.28. The predicted octanol–water partition coefficient (Wildman–Crippen LogP) is 4.65. The Kier molecular flexibility index (Phi) is 5.81. The summed E-state index contributed by atoms with van der Waals surface area (Å²) in [5.41, 5.74) is 4.05. The molecule has 0 fully saturated rings.